The zero-order valence-corrected chi connectivity index (χ0v) is 19.4. The van der Waals surface area contributed by atoms with Gasteiger partial charge in [-0.1, -0.05) is 0 Å². The average molecular weight is 474 g/mol. The standard InChI is InChI=1S/C25H27N7O3/c26-12-18-13-27-22(11-20(18)28-19-5-1-6-19)30-25(35)32-9-2-4-16-10-17(21(15-33)29-24(16)32)14-31-8-3-7-23(31)34/h10-11,13,15,19H,1-9,14H2,(H2,27,28,30,35). The van der Waals surface area contributed by atoms with Gasteiger partial charge in [-0.2, -0.15) is 5.26 Å². The van der Waals surface area contributed by atoms with Crippen molar-refractivity contribution in [2.24, 2.45) is 0 Å². The number of nitrogens with one attached hydrogen (secondary N) is 2. The lowest BCUT2D eigenvalue weighted by Crippen LogP contribution is -2.40. The number of urea groups is 1. The van der Waals surface area contributed by atoms with Gasteiger partial charge in [0.15, 0.2) is 6.29 Å². The molecule has 0 atom stereocenters. The molecule has 3 aliphatic rings. The number of fused-ring (bicyclic) bond motifs is 1. The predicted octanol–water partition coefficient (Wildman–Crippen LogP) is 3.23. The van der Waals surface area contributed by atoms with Crippen molar-refractivity contribution in [2.75, 3.05) is 28.6 Å². The molecule has 0 aromatic carbocycles. The Morgan fingerprint density at radius 3 is 2.71 bits per heavy atom. The van der Waals surface area contributed by atoms with E-state index >= 15 is 0 Å². The fourth-order valence-corrected chi connectivity index (χ4v) is 4.74. The Hall–Kier alpha value is -4.00. The summed E-state index contributed by atoms with van der Waals surface area (Å²) in [6.07, 6.45) is 8.24. The second-order valence-corrected chi connectivity index (χ2v) is 9.24. The number of aromatic nitrogens is 2. The third-order valence-corrected chi connectivity index (χ3v) is 6.89. The zero-order valence-electron chi connectivity index (χ0n) is 19.4. The first-order valence-corrected chi connectivity index (χ1v) is 12.1. The Kier molecular flexibility index (Phi) is 6.31. The molecule has 2 fully saturated rings. The van der Waals surface area contributed by atoms with Crippen LogP contribution in [0.5, 0.6) is 0 Å². The highest BCUT2D eigenvalue weighted by atomic mass is 16.2. The molecule has 0 unspecified atom stereocenters. The number of hydrogen-bond donors (Lipinski definition) is 2. The van der Waals surface area contributed by atoms with E-state index in [1.165, 1.54) is 11.1 Å². The molecule has 1 aliphatic carbocycles. The van der Waals surface area contributed by atoms with Crippen LogP contribution in [0.2, 0.25) is 0 Å². The molecule has 0 spiro atoms. The lowest BCUT2D eigenvalue weighted by atomic mass is 9.93. The molecule has 1 saturated carbocycles. The van der Waals surface area contributed by atoms with Gasteiger partial charge < -0.3 is 10.2 Å². The highest BCUT2D eigenvalue weighted by Gasteiger charge is 2.28. The van der Waals surface area contributed by atoms with Crippen molar-refractivity contribution in [3.8, 4) is 6.07 Å². The molecule has 4 heterocycles. The number of nitriles is 1. The van der Waals surface area contributed by atoms with E-state index < -0.39 is 6.03 Å². The van der Waals surface area contributed by atoms with Crippen LogP contribution < -0.4 is 15.5 Å². The van der Waals surface area contributed by atoms with Crippen LogP contribution in [0.3, 0.4) is 0 Å². The number of likely N-dealkylation sites (tertiary alicyclic amines) is 1. The van der Waals surface area contributed by atoms with Crippen LogP contribution >= 0.6 is 0 Å². The molecule has 0 bridgehead atoms. The van der Waals surface area contributed by atoms with Crippen molar-refractivity contribution in [3.63, 3.8) is 0 Å². The summed E-state index contributed by atoms with van der Waals surface area (Å²) in [5.41, 5.74) is 2.91. The summed E-state index contributed by atoms with van der Waals surface area (Å²) in [5, 5.41) is 15.6. The van der Waals surface area contributed by atoms with E-state index in [0.29, 0.717) is 66.8 Å². The maximum Gasteiger partial charge on any atom is 0.328 e. The SMILES string of the molecule is N#Cc1cnc(NC(=O)N2CCCc3cc(CN4CCCC4=O)c(C=O)nc32)cc1NC1CCC1. The lowest BCUT2D eigenvalue weighted by molar-refractivity contribution is -0.128. The Morgan fingerprint density at radius 1 is 1.20 bits per heavy atom. The maximum absolute atomic E-state index is 13.2. The second-order valence-electron chi connectivity index (χ2n) is 9.24. The normalized spacial score (nSPS) is 17.4. The average Bonchev–Trinajstić information content (AvgIpc) is 3.24. The monoisotopic (exact) mass is 473 g/mol. The molecule has 35 heavy (non-hydrogen) atoms. The van der Waals surface area contributed by atoms with Gasteiger partial charge in [0.25, 0.3) is 0 Å². The molecule has 10 heteroatoms. The first-order chi connectivity index (χ1) is 17.1. The first kappa shape index (κ1) is 22.8. The summed E-state index contributed by atoms with van der Waals surface area (Å²) in [4.78, 5) is 49.1. The minimum atomic E-state index is -0.399. The summed E-state index contributed by atoms with van der Waals surface area (Å²) in [6.45, 7) is 1.49. The van der Waals surface area contributed by atoms with Gasteiger partial charge in [0.05, 0.1) is 11.3 Å². The van der Waals surface area contributed by atoms with Gasteiger partial charge in [0, 0.05) is 49.9 Å². The Labute approximate surface area is 203 Å². The molecule has 0 radical (unpaired) electrons. The van der Waals surface area contributed by atoms with Crippen LogP contribution in [-0.4, -0.2) is 52.2 Å². The van der Waals surface area contributed by atoms with Crippen molar-refractivity contribution < 1.29 is 14.4 Å². The van der Waals surface area contributed by atoms with Crippen LogP contribution in [-0.2, 0) is 17.8 Å². The Balaban J connectivity index is 1.36. The summed E-state index contributed by atoms with van der Waals surface area (Å²) >= 11 is 0. The maximum atomic E-state index is 13.2. The summed E-state index contributed by atoms with van der Waals surface area (Å²) in [5.74, 6) is 0.873. The van der Waals surface area contributed by atoms with Crippen LogP contribution in [0, 0.1) is 11.3 Å². The highest BCUT2D eigenvalue weighted by molar-refractivity contribution is 6.02. The van der Waals surface area contributed by atoms with Gasteiger partial charge in [-0.15, -0.1) is 0 Å². The molecule has 1 saturated heterocycles. The van der Waals surface area contributed by atoms with Gasteiger partial charge >= 0.3 is 6.03 Å². The smallest absolute Gasteiger partial charge is 0.328 e. The minimum absolute atomic E-state index is 0.0849. The molecule has 10 nitrogen and oxygen atoms in total. The molecule has 2 aliphatic heterocycles. The number of aryl methyl sites for hydroxylation is 1. The molecule has 2 aromatic rings. The van der Waals surface area contributed by atoms with E-state index in [0.717, 1.165) is 44.1 Å². The molecule has 2 N–H and O–H groups in total. The van der Waals surface area contributed by atoms with Gasteiger partial charge in [-0.25, -0.2) is 14.8 Å². The number of pyridine rings is 2. The number of anilines is 3. The first-order valence-electron chi connectivity index (χ1n) is 12.1. The fourth-order valence-electron chi connectivity index (χ4n) is 4.74. The number of hydrogen-bond acceptors (Lipinski definition) is 7. The zero-order chi connectivity index (χ0) is 24.4. The van der Waals surface area contributed by atoms with Gasteiger partial charge in [-0.05, 0) is 50.2 Å². The molecular formula is C25H27N7O3. The lowest BCUT2D eigenvalue weighted by Gasteiger charge is -2.30. The predicted molar refractivity (Wildman–Crippen MR) is 129 cm³/mol. The Morgan fingerprint density at radius 2 is 2.03 bits per heavy atom. The number of aldehydes is 1. The van der Waals surface area contributed by atoms with E-state index in [9.17, 15) is 19.6 Å². The summed E-state index contributed by atoms with van der Waals surface area (Å²) in [7, 11) is 0. The van der Waals surface area contributed by atoms with Gasteiger partial charge in [0.2, 0.25) is 5.91 Å². The van der Waals surface area contributed by atoms with Crippen LogP contribution in [0.25, 0.3) is 0 Å². The van der Waals surface area contributed by atoms with E-state index in [4.69, 9.17) is 0 Å². The largest absolute Gasteiger partial charge is 0.381 e. The summed E-state index contributed by atoms with van der Waals surface area (Å²) < 4.78 is 0. The van der Waals surface area contributed by atoms with Crippen LogP contribution in [0.4, 0.5) is 22.1 Å². The van der Waals surface area contributed by atoms with Crippen LogP contribution in [0.15, 0.2) is 18.3 Å². The van der Waals surface area contributed by atoms with E-state index in [-0.39, 0.29) is 11.6 Å². The van der Waals surface area contributed by atoms with E-state index in [1.54, 1.807) is 11.0 Å². The van der Waals surface area contributed by atoms with Crippen molar-refractivity contribution >= 4 is 35.5 Å². The van der Waals surface area contributed by atoms with Gasteiger partial charge in [0.1, 0.15) is 23.4 Å². The number of carbonyl (C=O) groups is 3. The Bertz CT molecular complexity index is 1220. The third kappa shape index (κ3) is 4.67. The van der Waals surface area contributed by atoms with Crippen molar-refractivity contribution in [3.05, 3.63) is 40.7 Å². The molecule has 5 rings (SSSR count). The third-order valence-electron chi connectivity index (χ3n) is 6.89. The molecular weight excluding hydrogens is 446 g/mol. The topological polar surface area (TPSA) is 131 Å². The second kappa shape index (κ2) is 9.70. The van der Waals surface area contributed by atoms with E-state index in [1.807, 2.05) is 6.07 Å². The highest BCUT2D eigenvalue weighted by Crippen LogP contribution is 2.30. The fraction of sp³-hybridized carbons (Fsp3) is 0.440. The van der Waals surface area contributed by atoms with E-state index in [2.05, 4.69) is 26.7 Å². The summed E-state index contributed by atoms with van der Waals surface area (Å²) in [6, 6.07) is 5.65. The molecule has 3 amide bonds. The number of nitrogens with zero attached hydrogens (tertiary/aromatic N) is 5. The van der Waals surface area contributed by atoms with Crippen LogP contribution in [0.1, 0.15) is 65.7 Å². The number of rotatable bonds is 6. The van der Waals surface area contributed by atoms with Crippen molar-refractivity contribution in [1.82, 2.24) is 14.9 Å². The minimum Gasteiger partial charge on any atom is -0.381 e. The van der Waals surface area contributed by atoms with Crippen molar-refractivity contribution in [1.29, 1.82) is 5.26 Å². The molecule has 2 aromatic heterocycles. The van der Waals surface area contributed by atoms with Crippen molar-refractivity contribution in [2.45, 2.75) is 57.5 Å². The molecule has 180 valence electrons. The quantitative estimate of drug-likeness (QED) is 0.616. The number of carbonyl (C=O) groups excluding carboxylic acids is 3. The van der Waals surface area contributed by atoms with Gasteiger partial charge in [-0.3, -0.25) is 19.8 Å². The number of amides is 3.